The van der Waals surface area contributed by atoms with Crippen molar-refractivity contribution in [3.8, 4) is 0 Å². The summed E-state index contributed by atoms with van der Waals surface area (Å²) in [5.41, 5.74) is 6.63. The van der Waals surface area contributed by atoms with Gasteiger partial charge in [0.2, 0.25) is 5.91 Å². The van der Waals surface area contributed by atoms with Crippen molar-refractivity contribution in [2.45, 2.75) is 13.0 Å². The zero-order chi connectivity index (χ0) is 12.4. The molecule has 0 radical (unpaired) electrons. The minimum atomic E-state index is -0.452. The zero-order valence-electron chi connectivity index (χ0n) is 9.74. The van der Waals surface area contributed by atoms with Gasteiger partial charge in [0.05, 0.1) is 10.7 Å². The molecule has 2 rings (SSSR count). The number of primary amides is 1. The Bertz CT molecular complexity index is 436. The summed E-state index contributed by atoms with van der Waals surface area (Å²) in [4.78, 5) is 13.3. The third-order valence-electron chi connectivity index (χ3n) is 3.04. The van der Waals surface area contributed by atoms with Crippen molar-refractivity contribution in [2.75, 3.05) is 24.5 Å². The summed E-state index contributed by atoms with van der Waals surface area (Å²) >= 11 is 6.20. The van der Waals surface area contributed by atoms with Crippen LogP contribution in [-0.2, 0) is 0 Å². The quantitative estimate of drug-likeness (QED) is 0.834. The van der Waals surface area contributed by atoms with Crippen molar-refractivity contribution in [1.29, 1.82) is 0 Å². The smallest absolute Gasteiger partial charge is 0.248 e. The molecule has 1 saturated heterocycles. The number of piperazine rings is 1. The van der Waals surface area contributed by atoms with E-state index in [0.29, 0.717) is 16.6 Å². The molecule has 1 aromatic carbocycles. The van der Waals surface area contributed by atoms with E-state index >= 15 is 0 Å². The fraction of sp³-hybridized carbons (Fsp3) is 0.417. The molecule has 0 aliphatic carbocycles. The Balaban J connectivity index is 2.29. The molecule has 0 unspecified atom stereocenters. The van der Waals surface area contributed by atoms with Crippen LogP contribution in [0.4, 0.5) is 5.69 Å². The predicted octanol–water partition coefficient (Wildman–Crippen LogP) is 1.24. The fourth-order valence-corrected chi connectivity index (χ4v) is 2.38. The molecule has 1 fully saturated rings. The van der Waals surface area contributed by atoms with Gasteiger partial charge in [0.15, 0.2) is 0 Å². The molecule has 3 N–H and O–H groups in total. The average molecular weight is 254 g/mol. The maximum Gasteiger partial charge on any atom is 0.248 e. The van der Waals surface area contributed by atoms with Gasteiger partial charge >= 0.3 is 0 Å². The summed E-state index contributed by atoms with van der Waals surface area (Å²) in [6.45, 7) is 4.94. The van der Waals surface area contributed by atoms with Gasteiger partial charge in [-0.25, -0.2) is 0 Å². The highest BCUT2D eigenvalue weighted by Gasteiger charge is 2.20. The number of rotatable bonds is 2. The van der Waals surface area contributed by atoms with E-state index in [-0.39, 0.29) is 0 Å². The van der Waals surface area contributed by atoms with E-state index in [0.717, 1.165) is 25.3 Å². The van der Waals surface area contributed by atoms with Gasteiger partial charge < -0.3 is 16.0 Å². The highest BCUT2D eigenvalue weighted by atomic mass is 35.5. The topological polar surface area (TPSA) is 58.4 Å². The SMILES string of the molecule is C[C@@H]1CNCCN1c1ccc(C(N)=O)cc1Cl. The van der Waals surface area contributed by atoms with Crippen molar-refractivity contribution in [3.63, 3.8) is 0 Å². The summed E-state index contributed by atoms with van der Waals surface area (Å²) in [6.07, 6.45) is 0. The molecule has 1 aliphatic heterocycles. The molecule has 0 aromatic heterocycles. The van der Waals surface area contributed by atoms with Gasteiger partial charge in [-0.1, -0.05) is 11.6 Å². The minimum absolute atomic E-state index is 0.390. The second-order valence-corrected chi connectivity index (χ2v) is 4.68. The Hall–Kier alpha value is -1.26. The van der Waals surface area contributed by atoms with Crippen LogP contribution in [0.25, 0.3) is 0 Å². The van der Waals surface area contributed by atoms with Crippen LogP contribution in [0, 0.1) is 0 Å². The van der Waals surface area contributed by atoms with E-state index in [1.807, 2.05) is 6.07 Å². The maximum atomic E-state index is 11.0. The molecule has 0 saturated carbocycles. The Morgan fingerprint density at radius 3 is 2.94 bits per heavy atom. The van der Waals surface area contributed by atoms with E-state index in [2.05, 4.69) is 17.1 Å². The van der Waals surface area contributed by atoms with E-state index in [9.17, 15) is 4.79 Å². The first-order valence-electron chi connectivity index (χ1n) is 5.66. The zero-order valence-corrected chi connectivity index (χ0v) is 10.5. The summed E-state index contributed by atoms with van der Waals surface area (Å²) in [7, 11) is 0. The van der Waals surface area contributed by atoms with Crippen LogP contribution in [0.1, 0.15) is 17.3 Å². The van der Waals surface area contributed by atoms with Crippen molar-refractivity contribution in [2.24, 2.45) is 5.73 Å². The normalized spacial score (nSPS) is 20.4. The van der Waals surface area contributed by atoms with Crippen LogP contribution in [0.15, 0.2) is 18.2 Å². The Morgan fingerprint density at radius 1 is 1.59 bits per heavy atom. The van der Waals surface area contributed by atoms with Crippen LogP contribution in [0.2, 0.25) is 5.02 Å². The van der Waals surface area contributed by atoms with Gasteiger partial charge in [0, 0.05) is 31.2 Å². The molecule has 17 heavy (non-hydrogen) atoms. The van der Waals surface area contributed by atoms with Crippen LogP contribution in [0.5, 0.6) is 0 Å². The largest absolute Gasteiger partial charge is 0.366 e. The number of carbonyl (C=O) groups is 1. The number of anilines is 1. The number of halogens is 1. The molecule has 1 aromatic rings. The summed E-state index contributed by atoms with van der Waals surface area (Å²) in [6, 6.07) is 5.61. The second-order valence-electron chi connectivity index (χ2n) is 4.28. The molecule has 1 atom stereocenters. The lowest BCUT2D eigenvalue weighted by molar-refractivity contribution is 0.100. The van der Waals surface area contributed by atoms with Crippen molar-refractivity contribution in [1.82, 2.24) is 5.32 Å². The number of benzene rings is 1. The molecule has 1 aliphatic rings. The highest BCUT2D eigenvalue weighted by Crippen LogP contribution is 2.28. The molecule has 1 amide bonds. The number of amides is 1. The van der Waals surface area contributed by atoms with E-state index in [4.69, 9.17) is 17.3 Å². The minimum Gasteiger partial charge on any atom is -0.366 e. The van der Waals surface area contributed by atoms with Gasteiger partial charge in [-0.2, -0.15) is 0 Å². The molecule has 5 heteroatoms. The first-order chi connectivity index (χ1) is 8.09. The average Bonchev–Trinajstić information content (AvgIpc) is 2.30. The van der Waals surface area contributed by atoms with E-state index < -0.39 is 5.91 Å². The van der Waals surface area contributed by atoms with Crippen LogP contribution < -0.4 is 16.0 Å². The molecule has 1 heterocycles. The molecular weight excluding hydrogens is 238 g/mol. The first-order valence-corrected chi connectivity index (χ1v) is 6.04. The van der Waals surface area contributed by atoms with Crippen LogP contribution in [-0.4, -0.2) is 31.6 Å². The van der Waals surface area contributed by atoms with Crippen LogP contribution in [0.3, 0.4) is 0 Å². The first kappa shape index (κ1) is 12.2. The third kappa shape index (κ3) is 2.53. The summed E-state index contributed by atoms with van der Waals surface area (Å²) < 4.78 is 0. The van der Waals surface area contributed by atoms with Gasteiger partial charge in [-0.05, 0) is 25.1 Å². The maximum absolute atomic E-state index is 11.0. The molecule has 0 spiro atoms. The summed E-state index contributed by atoms with van der Waals surface area (Å²) in [5.74, 6) is -0.452. The summed E-state index contributed by atoms with van der Waals surface area (Å²) in [5, 5.41) is 3.90. The third-order valence-corrected chi connectivity index (χ3v) is 3.35. The lowest BCUT2D eigenvalue weighted by Crippen LogP contribution is -2.50. The Morgan fingerprint density at radius 2 is 2.35 bits per heavy atom. The number of nitrogens with zero attached hydrogens (tertiary/aromatic N) is 1. The predicted molar refractivity (Wildman–Crippen MR) is 69.6 cm³/mol. The second kappa shape index (κ2) is 4.94. The molecule has 92 valence electrons. The van der Waals surface area contributed by atoms with E-state index in [1.54, 1.807) is 12.1 Å². The Kier molecular flexibility index (Phi) is 3.54. The highest BCUT2D eigenvalue weighted by molar-refractivity contribution is 6.33. The fourth-order valence-electron chi connectivity index (χ4n) is 2.09. The van der Waals surface area contributed by atoms with Crippen LogP contribution >= 0.6 is 11.6 Å². The molecular formula is C12H16ClN3O. The number of hydrogen-bond acceptors (Lipinski definition) is 3. The lowest BCUT2D eigenvalue weighted by atomic mass is 10.1. The molecule has 4 nitrogen and oxygen atoms in total. The van der Waals surface area contributed by atoms with Gasteiger partial charge in [0.1, 0.15) is 0 Å². The number of hydrogen-bond donors (Lipinski definition) is 2. The lowest BCUT2D eigenvalue weighted by Gasteiger charge is -2.36. The standard InChI is InChI=1S/C12H16ClN3O/c1-8-7-15-4-5-16(8)11-3-2-9(12(14)17)6-10(11)13/h2-3,6,8,15H,4-5,7H2,1H3,(H2,14,17)/t8-/m1/s1. The van der Waals surface area contributed by atoms with Gasteiger partial charge in [0.25, 0.3) is 0 Å². The van der Waals surface area contributed by atoms with Gasteiger partial charge in [-0.3, -0.25) is 4.79 Å². The number of nitrogens with two attached hydrogens (primary N) is 1. The van der Waals surface area contributed by atoms with E-state index in [1.165, 1.54) is 0 Å². The molecule has 0 bridgehead atoms. The monoisotopic (exact) mass is 253 g/mol. The Labute approximate surface area is 106 Å². The number of carbonyl (C=O) groups excluding carboxylic acids is 1. The van der Waals surface area contributed by atoms with Crippen molar-refractivity contribution in [3.05, 3.63) is 28.8 Å². The van der Waals surface area contributed by atoms with Crippen molar-refractivity contribution < 1.29 is 4.79 Å². The van der Waals surface area contributed by atoms with Gasteiger partial charge in [-0.15, -0.1) is 0 Å². The number of nitrogens with one attached hydrogen (secondary N) is 1. The van der Waals surface area contributed by atoms with Crippen molar-refractivity contribution >= 4 is 23.2 Å².